The zero-order chi connectivity index (χ0) is 25.8. The molecule has 1 amide bonds. The number of nitrogens with zero attached hydrogens (tertiary/aromatic N) is 1. The van der Waals surface area contributed by atoms with Gasteiger partial charge in [0, 0.05) is 17.4 Å². The number of methoxy groups -OCH3 is 2. The Bertz CT molecular complexity index is 1430. The molecule has 0 fully saturated rings. The predicted octanol–water partition coefficient (Wildman–Crippen LogP) is 5.31. The van der Waals surface area contributed by atoms with E-state index in [9.17, 15) is 14.7 Å². The van der Waals surface area contributed by atoms with Gasteiger partial charge in [0.05, 0.1) is 36.0 Å². The summed E-state index contributed by atoms with van der Waals surface area (Å²) in [6, 6.07) is 18.9. The molecule has 36 heavy (non-hydrogen) atoms. The van der Waals surface area contributed by atoms with E-state index in [-0.39, 0.29) is 17.0 Å². The number of carbonyl (C=O) groups excluding carboxylic acids is 1. The fourth-order valence-corrected chi connectivity index (χ4v) is 4.43. The summed E-state index contributed by atoms with van der Waals surface area (Å²) in [6.45, 7) is 1.75. The van der Waals surface area contributed by atoms with Crippen molar-refractivity contribution in [2.45, 2.75) is 19.4 Å². The Balaban J connectivity index is 1.59. The summed E-state index contributed by atoms with van der Waals surface area (Å²) in [5.41, 5.74) is 3.95. The molecule has 4 rings (SSSR count). The van der Waals surface area contributed by atoms with Crippen LogP contribution in [0.25, 0.3) is 22.2 Å². The summed E-state index contributed by atoms with van der Waals surface area (Å²) in [4.78, 5) is 29.5. The average molecular weight is 505 g/mol. The molecule has 2 N–H and O–H groups in total. The second-order valence-electron chi connectivity index (χ2n) is 8.26. The number of amides is 1. The highest BCUT2D eigenvalue weighted by Crippen LogP contribution is 2.37. The zero-order valence-corrected chi connectivity index (χ0v) is 20.8. The summed E-state index contributed by atoms with van der Waals surface area (Å²) in [6.07, 6.45) is 0.103. The van der Waals surface area contributed by atoms with Crippen LogP contribution in [0, 0.1) is 6.92 Å². The molecule has 0 bridgehead atoms. The van der Waals surface area contributed by atoms with Crippen LogP contribution in [0.2, 0.25) is 5.02 Å². The van der Waals surface area contributed by atoms with Crippen LogP contribution in [0.4, 0.5) is 0 Å². The highest BCUT2D eigenvalue weighted by atomic mass is 35.5. The molecule has 0 saturated carbocycles. The first kappa shape index (κ1) is 25.0. The Labute approximate surface area is 213 Å². The molecule has 1 unspecified atom stereocenters. The molecule has 1 aromatic heterocycles. The summed E-state index contributed by atoms with van der Waals surface area (Å²) >= 11 is 6.18. The number of hydrogen-bond donors (Lipinski definition) is 2. The monoisotopic (exact) mass is 504 g/mol. The fraction of sp³-hybridized carbons (Fsp3) is 0.179. The zero-order valence-electron chi connectivity index (χ0n) is 20.0. The molecule has 0 spiro atoms. The third kappa shape index (κ3) is 5.11. The number of hydrogen-bond acceptors (Lipinski definition) is 5. The Hall–Kier alpha value is -4.10. The molecule has 0 radical (unpaired) electrons. The first-order valence-corrected chi connectivity index (χ1v) is 11.6. The molecular formula is C28H25ClN2O5. The number of fused-ring (bicyclic) bond motifs is 1. The van der Waals surface area contributed by atoms with Crippen LogP contribution in [-0.4, -0.2) is 42.2 Å². The van der Waals surface area contributed by atoms with Gasteiger partial charge in [0.2, 0.25) is 0 Å². The van der Waals surface area contributed by atoms with Crippen molar-refractivity contribution >= 4 is 34.4 Å². The molecule has 3 aromatic carbocycles. The largest absolute Gasteiger partial charge is 0.493 e. The molecular weight excluding hydrogens is 480 g/mol. The van der Waals surface area contributed by atoms with Crippen molar-refractivity contribution in [3.05, 3.63) is 88.4 Å². The smallest absolute Gasteiger partial charge is 0.326 e. The Morgan fingerprint density at radius 3 is 2.50 bits per heavy atom. The maximum Gasteiger partial charge on any atom is 0.326 e. The standard InChI is InChI=1S/C28H25ClN2O5/c1-16-6-4-8-20(29)25(16)27(32)31-23(28(33)34)15-17-10-12-21-18(14-17)11-13-22(30-21)19-7-5-9-24(35-2)26(19)36-3/h4-14,23H,15H2,1-3H3,(H,31,32)(H,33,34). The SMILES string of the molecule is COc1cccc(-c2ccc3cc(CC(NC(=O)c4c(C)cccc4Cl)C(=O)O)ccc3n2)c1OC. The van der Waals surface area contributed by atoms with Crippen LogP contribution >= 0.6 is 11.6 Å². The summed E-state index contributed by atoms with van der Waals surface area (Å²) in [5, 5.41) is 13.5. The Morgan fingerprint density at radius 1 is 1.03 bits per heavy atom. The minimum atomic E-state index is -1.13. The third-order valence-corrected chi connectivity index (χ3v) is 6.24. The van der Waals surface area contributed by atoms with Gasteiger partial charge < -0.3 is 19.9 Å². The summed E-state index contributed by atoms with van der Waals surface area (Å²) in [5.74, 6) is -0.449. The number of aliphatic carboxylic acids is 1. The van der Waals surface area contributed by atoms with Gasteiger partial charge >= 0.3 is 5.97 Å². The third-order valence-electron chi connectivity index (χ3n) is 5.92. The lowest BCUT2D eigenvalue weighted by molar-refractivity contribution is -0.139. The van der Waals surface area contributed by atoms with E-state index in [1.807, 2.05) is 48.5 Å². The van der Waals surface area contributed by atoms with Crippen LogP contribution in [-0.2, 0) is 11.2 Å². The van der Waals surface area contributed by atoms with Gasteiger partial charge in [-0.25, -0.2) is 9.78 Å². The number of carbonyl (C=O) groups is 2. The van der Waals surface area contributed by atoms with Crippen LogP contribution < -0.4 is 14.8 Å². The van der Waals surface area contributed by atoms with E-state index in [1.165, 1.54) is 0 Å². The van der Waals surface area contributed by atoms with Gasteiger partial charge in [-0.15, -0.1) is 0 Å². The second kappa shape index (κ2) is 10.7. The number of nitrogens with one attached hydrogen (secondary N) is 1. The van der Waals surface area contributed by atoms with Crippen molar-refractivity contribution in [1.82, 2.24) is 10.3 Å². The number of carboxylic acids is 1. The maximum absolute atomic E-state index is 12.8. The molecule has 1 atom stereocenters. The second-order valence-corrected chi connectivity index (χ2v) is 8.67. The van der Waals surface area contributed by atoms with Crippen molar-refractivity contribution in [1.29, 1.82) is 0 Å². The molecule has 0 aliphatic carbocycles. The van der Waals surface area contributed by atoms with E-state index in [1.54, 1.807) is 39.3 Å². The summed E-state index contributed by atoms with van der Waals surface area (Å²) < 4.78 is 10.9. The highest BCUT2D eigenvalue weighted by Gasteiger charge is 2.23. The lowest BCUT2D eigenvalue weighted by Gasteiger charge is -2.17. The van der Waals surface area contributed by atoms with E-state index in [0.717, 1.165) is 27.7 Å². The van der Waals surface area contributed by atoms with Gasteiger partial charge in [0.15, 0.2) is 11.5 Å². The van der Waals surface area contributed by atoms with Crippen molar-refractivity contribution < 1.29 is 24.2 Å². The number of aromatic nitrogens is 1. The lowest BCUT2D eigenvalue weighted by atomic mass is 10.0. The molecule has 0 saturated heterocycles. The lowest BCUT2D eigenvalue weighted by Crippen LogP contribution is -2.42. The molecule has 0 aliphatic heterocycles. The Morgan fingerprint density at radius 2 is 1.81 bits per heavy atom. The molecule has 4 aromatic rings. The van der Waals surface area contributed by atoms with Crippen LogP contribution in [0.3, 0.4) is 0 Å². The molecule has 8 heteroatoms. The quantitative estimate of drug-likeness (QED) is 0.337. The number of para-hydroxylation sites is 1. The van der Waals surface area contributed by atoms with Crippen LogP contribution in [0.1, 0.15) is 21.5 Å². The first-order valence-electron chi connectivity index (χ1n) is 11.2. The number of ether oxygens (including phenoxy) is 2. The highest BCUT2D eigenvalue weighted by molar-refractivity contribution is 6.34. The average Bonchev–Trinajstić information content (AvgIpc) is 2.87. The fourth-order valence-electron chi connectivity index (χ4n) is 4.13. The van der Waals surface area contributed by atoms with Gasteiger partial charge in [-0.2, -0.15) is 0 Å². The minimum Gasteiger partial charge on any atom is -0.493 e. The predicted molar refractivity (Wildman–Crippen MR) is 139 cm³/mol. The van der Waals surface area contributed by atoms with Gasteiger partial charge in [0.25, 0.3) is 5.91 Å². The molecule has 7 nitrogen and oxygen atoms in total. The minimum absolute atomic E-state index is 0.103. The number of aryl methyl sites for hydroxylation is 1. The van der Waals surface area contributed by atoms with E-state index in [4.69, 9.17) is 26.1 Å². The molecule has 0 aliphatic rings. The van der Waals surface area contributed by atoms with Crippen molar-refractivity contribution in [3.8, 4) is 22.8 Å². The maximum atomic E-state index is 12.8. The van der Waals surface area contributed by atoms with E-state index in [2.05, 4.69) is 5.32 Å². The van der Waals surface area contributed by atoms with E-state index < -0.39 is 17.9 Å². The number of carboxylic acid groups (broad SMARTS) is 1. The van der Waals surface area contributed by atoms with Crippen molar-refractivity contribution in [3.63, 3.8) is 0 Å². The van der Waals surface area contributed by atoms with Gasteiger partial charge in [-0.05, 0) is 54.4 Å². The van der Waals surface area contributed by atoms with E-state index in [0.29, 0.717) is 17.1 Å². The van der Waals surface area contributed by atoms with Crippen molar-refractivity contribution in [2.24, 2.45) is 0 Å². The Kier molecular flexibility index (Phi) is 7.41. The van der Waals surface area contributed by atoms with Crippen LogP contribution in [0.5, 0.6) is 11.5 Å². The van der Waals surface area contributed by atoms with Gasteiger partial charge in [-0.1, -0.05) is 41.9 Å². The first-order chi connectivity index (χ1) is 17.3. The van der Waals surface area contributed by atoms with Crippen LogP contribution in [0.15, 0.2) is 66.7 Å². The summed E-state index contributed by atoms with van der Waals surface area (Å²) in [7, 11) is 3.17. The van der Waals surface area contributed by atoms with Gasteiger partial charge in [-0.3, -0.25) is 4.79 Å². The topological polar surface area (TPSA) is 97.8 Å². The van der Waals surface area contributed by atoms with Gasteiger partial charge in [0.1, 0.15) is 6.04 Å². The molecule has 184 valence electrons. The molecule has 1 heterocycles. The van der Waals surface area contributed by atoms with E-state index >= 15 is 0 Å². The number of pyridine rings is 1. The normalized spacial score (nSPS) is 11.7. The number of rotatable bonds is 8. The number of benzene rings is 3. The number of halogens is 1. The van der Waals surface area contributed by atoms with Crippen molar-refractivity contribution in [2.75, 3.05) is 14.2 Å².